The third-order valence-electron chi connectivity index (χ3n) is 4.21. The molecule has 116 valence electrons. The van der Waals surface area contributed by atoms with Gasteiger partial charge < -0.3 is 4.74 Å². The van der Waals surface area contributed by atoms with Crippen LogP contribution in [-0.2, 0) is 24.2 Å². The van der Waals surface area contributed by atoms with Gasteiger partial charge in [0.15, 0.2) is 5.69 Å². The SMILES string of the molecule is CCN1CCc2c(c(C(=O)OC)nn2Cc2ccccc2)C1. The first-order valence-corrected chi connectivity index (χ1v) is 7.66. The molecule has 2 aromatic rings. The summed E-state index contributed by atoms with van der Waals surface area (Å²) in [6, 6.07) is 10.2. The molecule has 22 heavy (non-hydrogen) atoms. The number of carbonyl (C=O) groups is 1. The molecule has 1 aromatic carbocycles. The smallest absolute Gasteiger partial charge is 0.358 e. The molecular formula is C17H21N3O2. The van der Waals surface area contributed by atoms with E-state index >= 15 is 0 Å². The van der Waals surface area contributed by atoms with Gasteiger partial charge in [-0.2, -0.15) is 5.10 Å². The summed E-state index contributed by atoms with van der Waals surface area (Å²) in [7, 11) is 1.41. The van der Waals surface area contributed by atoms with Crippen LogP contribution in [0.4, 0.5) is 0 Å². The highest BCUT2D eigenvalue weighted by atomic mass is 16.5. The second-order valence-corrected chi connectivity index (χ2v) is 5.53. The van der Waals surface area contributed by atoms with Gasteiger partial charge in [0, 0.05) is 30.8 Å². The van der Waals surface area contributed by atoms with Crippen molar-refractivity contribution in [2.75, 3.05) is 20.2 Å². The van der Waals surface area contributed by atoms with Gasteiger partial charge in [0.05, 0.1) is 13.7 Å². The topological polar surface area (TPSA) is 47.4 Å². The molecule has 1 aromatic heterocycles. The van der Waals surface area contributed by atoms with Crippen LogP contribution in [0.25, 0.3) is 0 Å². The van der Waals surface area contributed by atoms with Crippen LogP contribution in [-0.4, -0.2) is 40.8 Å². The molecule has 0 N–H and O–H groups in total. The lowest BCUT2D eigenvalue weighted by Crippen LogP contribution is -2.31. The number of rotatable bonds is 4. The summed E-state index contributed by atoms with van der Waals surface area (Å²) in [5.74, 6) is -0.346. The van der Waals surface area contributed by atoms with E-state index in [2.05, 4.69) is 29.1 Å². The van der Waals surface area contributed by atoms with Crippen molar-refractivity contribution in [1.29, 1.82) is 0 Å². The van der Waals surface area contributed by atoms with E-state index in [1.807, 2.05) is 22.9 Å². The van der Waals surface area contributed by atoms with Crippen molar-refractivity contribution in [2.45, 2.75) is 26.4 Å². The van der Waals surface area contributed by atoms with E-state index in [0.717, 1.165) is 37.3 Å². The number of aromatic nitrogens is 2. The van der Waals surface area contributed by atoms with Gasteiger partial charge in [-0.1, -0.05) is 37.3 Å². The quantitative estimate of drug-likeness (QED) is 0.811. The van der Waals surface area contributed by atoms with Crippen LogP contribution in [0.5, 0.6) is 0 Å². The molecule has 0 spiro atoms. The minimum atomic E-state index is -0.346. The van der Waals surface area contributed by atoms with Crippen molar-refractivity contribution in [3.63, 3.8) is 0 Å². The van der Waals surface area contributed by atoms with E-state index in [9.17, 15) is 4.79 Å². The maximum absolute atomic E-state index is 12.0. The predicted molar refractivity (Wildman–Crippen MR) is 83.8 cm³/mol. The summed E-state index contributed by atoms with van der Waals surface area (Å²) in [4.78, 5) is 14.4. The van der Waals surface area contributed by atoms with E-state index in [4.69, 9.17) is 4.74 Å². The second-order valence-electron chi connectivity index (χ2n) is 5.53. The third-order valence-corrected chi connectivity index (χ3v) is 4.21. The number of hydrogen-bond donors (Lipinski definition) is 0. The van der Waals surface area contributed by atoms with Crippen LogP contribution in [0.3, 0.4) is 0 Å². The van der Waals surface area contributed by atoms with Gasteiger partial charge in [0.25, 0.3) is 0 Å². The highest BCUT2D eigenvalue weighted by molar-refractivity contribution is 5.89. The fourth-order valence-electron chi connectivity index (χ4n) is 2.96. The van der Waals surface area contributed by atoms with E-state index < -0.39 is 0 Å². The lowest BCUT2D eigenvalue weighted by atomic mass is 10.0. The largest absolute Gasteiger partial charge is 0.464 e. The molecule has 0 saturated heterocycles. The first kappa shape index (κ1) is 14.8. The molecule has 0 aliphatic carbocycles. The van der Waals surface area contributed by atoms with Crippen molar-refractivity contribution in [1.82, 2.24) is 14.7 Å². The first-order chi connectivity index (χ1) is 10.7. The summed E-state index contributed by atoms with van der Waals surface area (Å²) in [5.41, 5.74) is 3.83. The Morgan fingerprint density at radius 2 is 2.09 bits per heavy atom. The van der Waals surface area contributed by atoms with Crippen LogP contribution in [0.15, 0.2) is 30.3 Å². The molecule has 1 aliphatic heterocycles. The average Bonchev–Trinajstić information content (AvgIpc) is 2.93. The molecule has 0 bridgehead atoms. The highest BCUT2D eigenvalue weighted by Gasteiger charge is 2.27. The highest BCUT2D eigenvalue weighted by Crippen LogP contribution is 2.24. The molecule has 3 rings (SSSR count). The average molecular weight is 299 g/mol. The van der Waals surface area contributed by atoms with Crippen LogP contribution >= 0.6 is 0 Å². The maximum Gasteiger partial charge on any atom is 0.358 e. The van der Waals surface area contributed by atoms with Gasteiger partial charge in [-0.25, -0.2) is 4.79 Å². The van der Waals surface area contributed by atoms with E-state index in [0.29, 0.717) is 12.2 Å². The molecular weight excluding hydrogens is 278 g/mol. The Morgan fingerprint density at radius 1 is 1.32 bits per heavy atom. The van der Waals surface area contributed by atoms with Gasteiger partial charge in [0.1, 0.15) is 0 Å². The zero-order valence-corrected chi connectivity index (χ0v) is 13.1. The standard InChI is InChI=1S/C17H21N3O2/c1-3-19-10-9-15-14(12-19)16(17(21)22-2)18-20(15)11-13-7-5-4-6-8-13/h4-8H,3,9-12H2,1-2H3. The first-order valence-electron chi connectivity index (χ1n) is 7.66. The number of carbonyl (C=O) groups excluding carboxylic acids is 1. The lowest BCUT2D eigenvalue weighted by Gasteiger charge is -2.26. The zero-order chi connectivity index (χ0) is 15.5. The molecule has 2 heterocycles. The summed E-state index contributed by atoms with van der Waals surface area (Å²) in [6.07, 6.45) is 0.917. The Balaban J connectivity index is 1.97. The molecule has 5 nitrogen and oxygen atoms in total. The number of benzene rings is 1. The molecule has 0 saturated carbocycles. The van der Waals surface area contributed by atoms with Gasteiger partial charge in [0.2, 0.25) is 0 Å². The maximum atomic E-state index is 12.0. The molecule has 0 fully saturated rings. The molecule has 0 amide bonds. The Kier molecular flexibility index (Phi) is 4.24. The monoisotopic (exact) mass is 299 g/mol. The van der Waals surface area contributed by atoms with E-state index in [1.54, 1.807) is 0 Å². The fraction of sp³-hybridized carbons (Fsp3) is 0.412. The number of hydrogen-bond acceptors (Lipinski definition) is 4. The van der Waals surface area contributed by atoms with Crippen LogP contribution in [0.1, 0.15) is 34.2 Å². The van der Waals surface area contributed by atoms with Crippen LogP contribution in [0.2, 0.25) is 0 Å². The van der Waals surface area contributed by atoms with Gasteiger partial charge in [-0.05, 0) is 12.1 Å². The number of nitrogens with zero attached hydrogens (tertiary/aromatic N) is 3. The molecule has 1 aliphatic rings. The summed E-state index contributed by atoms with van der Waals surface area (Å²) in [6.45, 7) is 5.57. The fourth-order valence-corrected chi connectivity index (χ4v) is 2.96. The third kappa shape index (κ3) is 2.76. The molecule has 0 unspecified atom stereocenters. The predicted octanol–water partition coefficient (Wildman–Crippen LogP) is 2.10. The normalized spacial score (nSPS) is 14.6. The summed E-state index contributed by atoms with van der Waals surface area (Å²) in [5, 5.41) is 4.54. The number of methoxy groups -OCH3 is 1. The molecule has 0 atom stereocenters. The van der Waals surface area contributed by atoms with Crippen molar-refractivity contribution in [3.8, 4) is 0 Å². The van der Waals surface area contributed by atoms with Gasteiger partial charge in [-0.3, -0.25) is 9.58 Å². The zero-order valence-electron chi connectivity index (χ0n) is 13.1. The van der Waals surface area contributed by atoms with E-state index in [1.165, 1.54) is 12.7 Å². The Hall–Kier alpha value is -2.14. The number of ether oxygens (including phenoxy) is 1. The Bertz CT molecular complexity index is 664. The van der Waals surface area contributed by atoms with Crippen LogP contribution in [0, 0.1) is 0 Å². The number of esters is 1. The van der Waals surface area contributed by atoms with E-state index in [-0.39, 0.29) is 5.97 Å². The van der Waals surface area contributed by atoms with Crippen molar-refractivity contribution < 1.29 is 9.53 Å². The Morgan fingerprint density at radius 3 is 2.77 bits per heavy atom. The van der Waals surface area contributed by atoms with Crippen molar-refractivity contribution >= 4 is 5.97 Å². The molecule has 0 radical (unpaired) electrons. The number of fused-ring (bicyclic) bond motifs is 1. The summed E-state index contributed by atoms with van der Waals surface area (Å²) >= 11 is 0. The van der Waals surface area contributed by atoms with Crippen molar-refractivity contribution in [3.05, 3.63) is 52.8 Å². The van der Waals surface area contributed by atoms with Crippen molar-refractivity contribution in [2.24, 2.45) is 0 Å². The van der Waals surface area contributed by atoms with Crippen LogP contribution < -0.4 is 0 Å². The minimum absolute atomic E-state index is 0.346. The summed E-state index contributed by atoms with van der Waals surface area (Å²) < 4.78 is 6.86. The van der Waals surface area contributed by atoms with Gasteiger partial charge >= 0.3 is 5.97 Å². The second kappa shape index (κ2) is 6.32. The van der Waals surface area contributed by atoms with Gasteiger partial charge in [-0.15, -0.1) is 0 Å². The Labute approximate surface area is 130 Å². The molecule has 5 heteroatoms. The number of likely N-dealkylation sites (N-methyl/N-ethyl adjacent to an activating group) is 1. The minimum Gasteiger partial charge on any atom is -0.464 e. The lowest BCUT2D eigenvalue weighted by molar-refractivity contribution is 0.0590.